The third-order valence-electron chi connectivity index (χ3n) is 3.03. The minimum atomic E-state index is -0.506. The van der Waals surface area contributed by atoms with Crippen LogP contribution in [0.2, 0.25) is 10.0 Å². The van der Waals surface area contributed by atoms with Gasteiger partial charge in [-0.25, -0.2) is 0 Å². The maximum Gasteiger partial charge on any atom is 0.267 e. The standard InChI is InChI=1S/C17H13Cl2N3O/c1-11-8-14(19)4-7-16(11)21-10-12(9-20)17(23)22-15-5-2-13(18)3-6-15/h2-8,10,21H,1H3,(H,22,23)/b12-10-. The van der Waals surface area contributed by atoms with Gasteiger partial charge in [0.15, 0.2) is 0 Å². The lowest BCUT2D eigenvalue weighted by Gasteiger charge is -2.07. The largest absolute Gasteiger partial charge is 0.360 e. The molecule has 0 aliphatic heterocycles. The summed E-state index contributed by atoms with van der Waals surface area (Å²) in [5.74, 6) is -0.506. The first-order valence-electron chi connectivity index (χ1n) is 6.69. The van der Waals surface area contributed by atoms with Crippen LogP contribution in [0, 0.1) is 18.3 Å². The molecule has 2 aromatic rings. The van der Waals surface area contributed by atoms with Gasteiger partial charge in [0, 0.05) is 27.6 Å². The number of nitrogens with one attached hydrogen (secondary N) is 2. The average Bonchev–Trinajstić information content (AvgIpc) is 2.52. The van der Waals surface area contributed by atoms with E-state index < -0.39 is 5.91 Å². The zero-order valence-corrected chi connectivity index (χ0v) is 13.7. The summed E-state index contributed by atoms with van der Waals surface area (Å²) >= 11 is 11.7. The Morgan fingerprint density at radius 1 is 1.13 bits per heavy atom. The monoisotopic (exact) mass is 345 g/mol. The van der Waals surface area contributed by atoms with E-state index in [1.165, 1.54) is 6.20 Å². The van der Waals surface area contributed by atoms with E-state index in [9.17, 15) is 4.79 Å². The molecule has 0 heterocycles. The maximum absolute atomic E-state index is 12.1. The number of nitriles is 1. The summed E-state index contributed by atoms with van der Waals surface area (Å²) in [6.45, 7) is 1.88. The summed E-state index contributed by atoms with van der Waals surface area (Å²) in [4.78, 5) is 12.1. The van der Waals surface area contributed by atoms with Crippen LogP contribution in [0.1, 0.15) is 5.56 Å². The highest BCUT2D eigenvalue weighted by atomic mass is 35.5. The zero-order valence-electron chi connectivity index (χ0n) is 12.2. The third-order valence-corrected chi connectivity index (χ3v) is 3.51. The quantitative estimate of drug-likeness (QED) is 0.620. The van der Waals surface area contributed by atoms with Gasteiger partial charge in [0.2, 0.25) is 0 Å². The van der Waals surface area contributed by atoms with Crippen molar-refractivity contribution in [3.8, 4) is 6.07 Å². The van der Waals surface area contributed by atoms with Crippen LogP contribution in [-0.2, 0) is 4.79 Å². The molecule has 0 saturated heterocycles. The topological polar surface area (TPSA) is 64.9 Å². The Kier molecular flexibility index (Phi) is 5.64. The van der Waals surface area contributed by atoms with Gasteiger partial charge in [-0.05, 0) is 55.0 Å². The van der Waals surface area contributed by atoms with E-state index in [0.29, 0.717) is 15.7 Å². The van der Waals surface area contributed by atoms with Crippen LogP contribution in [0.5, 0.6) is 0 Å². The SMILES string of the molecule is Cc1cc(Cl)ccc1N/C=C(/C#N)C(=O)Nc1ccc(Cl)cc1. The summed E-state index contributed by atoms with van der Waals surface area (Å²) in [5.41, 5.74) is 2.18. The Bertz CT molecular complexity index is 792. The number of aryl methyl sites for hydroxylation is 1. The number of hydrogen-bond donors (Lipinski definition) is 2. The molecule has 0 aliphatic rings. The molecule has 2 rings (SSSR count). The van der Waals surface area contributed by atoms with E-state index in [1.54, 1.807) is 42.5 Å². The average molecular weight is 346 g/mol. The second kappa shape index (κ2) is 7.68. The van der Waals surface area contributed by atoms with Gasteiger partial charge in [0.25, 0.3) is 5.91 Å². The van der Waals surface area contributed by atoms with Gasteiger partial charge in [-0.3, -0.25) is 4.79 Å². The fourth-order valence-electron chi connectivity index (χ4n) is 1.82. The van der Waals surface area contributed by atoms with Crippen molar-refractivity contribution in [1.29, 1.82) is 5.26 Å². The molecule has 0 aromatic heterocycles. The number of carbonyl (C=O) groups is 1. The fourth-order valence-corrected chi connectivity index (χ4v) is 2.17. The van der Waals surface area contributed by atoms with Crippen molar-refractivity contribution in [2.75, 3.05) is 10.6 Å². The van der Waals surface area contributed by atoms with Crippen molar-refractivity contribution in [2.45, 2.75) is 6.92 Å². The molecule has 0 spiro atoms. The van der Waals surface area contributed by atoms with Gasteiger partial charge in [-0.15, -0.1) is 0 Å². The lowest BCUT2D eigenvalue weighted by Crippen LogP contribution is -2.14. The van der Waals surface area contributed by atoms with Crippen LogP contribution in [0.3, 0.4) is 0 Å². The molecular formula is C17H13Cl2N3O. The number of rotatable bonds is 4. The molecule has 2 N–H and O–H groups in total. The first kappa shape index (κ1) is 16.9. The summed E-state index contributed by atoms with van der Waals surface area (Å²) in [6.07, 6.45) is 1.36. The summed E-state index contributed by atoms with van der Waals surface area (Å²) in [6, 6.07) is 13.8. The molecular weight excluding hydrogens is 333 g/mol. The maximum atomic E-state index is 12.1. The molecule has 0 atom stereocenters. The Morgan fingerprint density at radius 2 is 1.78 bits per heavy atom. The van der Waals surface area contributed by atoms with Crippen LogP contribution in [0.15, 0.2) is 54.2 Å². The molecule has 23 heavy (non-hydrogen) atoms. The van der Waals surface area contributed by atoms with E-state index in [0.717, 1.165) is 11.3 Å². The summed E-state index contributed by atoms with van der Waals surface area (Å²) in [7, 11) is 0. The normalized spacial score (nSPS) is 10.8. The van der Waals surface area contributed by atoms with Gasteiger partial charge in [-0.2, -0.15) is 5.26 Å². The van der Waals surface area contributed by atoms with Crippen molar-refractivity contribution < 1.29 is 4.79 Å². The van der Waals surface area contributed by atoms with E-state index in [4.69, 9.17) is 28.5 Å². The number of hydrogen-bond acceptors (Lipinski definition) is 3. The van der Waals surface area contributed by atoms with E-state index in [2.05, 4.69) is 10.6 Å². The molecule has 1 amide bonds. The Balaban J connectivity index is 2.10. The second-order valence-electron chi connectivity index (χ2n) is 4.73. The predicted molar refractivity (Wildman–Crippen MR) is 93.6 cm³/mol. The van der Waals surface area contributed by atoms with Crippen LogP contribution in [0.25, 0.3) is 0 Å². The molecule has 116 valence electrons. The predicted octanol–water partition coefficient (Wildman–Crippen LogP) is 4.76. The van der Waals surface area contributed by atoms with Crippen molar-refractivity contribution in [3.05, 3.63) is 69.8 Å². The number of anilines is 2. The van der Waals surface area contributed by atoms with Crippen LogP contribution in [-0.4, -0.2) is 5.91 Å². The molecule has 4 nitrogen and oxygen atoms in total. The molecule has 0 aliphatic carbocycles. The molecule has 0 saturated carbocycles. The minimum absolute atomic E-state index is 0.0469. The van der Waals surface area contributed by atoms with Gasteiger partial charge >= 0.3 is 0 Å². The first-order chi connectivity index (χ1) is 11.0. The highest BCUT2D eigenvalue weighted by molar-refractivity contribution is 6.31. The molecule has 2 aromatic carbocycles. The van der Waals surface area contributed by atoms with Crippen molar-refractivity contribution >= 4 is 40.5 Å². The molecule has 0 fully saturated rings. The number of nitrogens with zero attached hydrogens (tertiary/aromatic N) is 1. The van der Waals surface area contributed by atoms with Crippen LogP contribution in [0.4, 0.5) is 11.4 Å². The van der Waals surface area contributed by atoms with Crippen LogP contribution < -0.4 is 10.6 Å². The lowest BCUT2D eigenvalue weighted by atomic mass is 10.2. The molecule has 0 bridgehead atoms. The van der Waals surface area contributed by atoms with E-state index in [1.807, 2.05) is 13.0 Å². The van der Waals surface area contributed by atoms with Crippen molar-refractivity contribution in [1.82, 2.24) is 0 Å². The molecule has 0 unspecified atom stereocenters. The molecule has 6 heteroatoms. The Hall–Kier alpha value is -2.48. The molecule has 0 radical (unpaired) electrons. The minimum Gasteiger partial charge on any atom is -0.360 e. The first-order valence-corrected chi connectivity index (χ1v) is 7.45. The smallest absolute Gasteiger partial charge is 0.267 e. The van der Waals surface area contributed by atoms with Crippen LogP contribution >= 0.6 is 23.2 Å². The van der Waals surface area contributed by atoms with Gasteiger partial charge in [0.1, 0.15) is 11.6 Å². The Labute approximate surface area is 144 Å². The summed E-state index contributed by atoms with van der Waals surface area (Å²) < 4.78 is 0. The van der Waals surface area contributed by atoms with Gasteiger partial charge < -0.3 is 10.6 Å². The second-order valence-corrected chi connectivity index (χ2v) is 5.61. The zero-order chi connectivity index (χ0) is 16.8. The highest BCUT2D eigenvalue weighted by Crippen LogP contribution is 2.20. The van der Waals surface area contributed by atoms with E-state index >= 15 is 0 Å². The number of halogens is 2. The van der Waals surface area contributed by atoms with Gasteiger partial charge in [0.05, 0.1) is 0 Å². The number of carbonyl (C=O) groups excluding carboxylic acids is 1. The van der Waals surface area contributed by atoms with Gasteiger partial charge in [-0.1, -0.05) is 23.2 Å². The van der Waals surface area contributed by atoms with Crippen molar-refractivity contribution in [2.24, 2.45) is 0 Å². The Morgan fingerprint density at radius 3 is 2.39 bits per heavy atom. The summed E-state index contributed by atoms with van der Waals surface area (Å²) in [5, 5.41) is 15.9. The fraction of sp³-hybridized carbons (Fsp3) is 0.0588. The van der Waals surface area contributed by atoms with E-state index in [-0.39, 0.29) is 5.57 Å². The third kappa shape index (κ3) is 4.75. The number of amides is 1. The lowest BCUT2D eigenvalue weighted by molar-refractivity contribution is -0.112. The van der Waals surface area contributed by atoms with Crippen molar-refractivity contribution in [3.63, 3.8) is 0 Å². The number of benzene rings is 2. The highest BCUT2D eigenvalue weighted by Gasteiger charge is 2.09.